The minimum Gasteiger partial charge on any atom is -0.468 e. The van der Waals surface area contributed by atoms with Gasteiger partial charge >= 0.3 is 0 Å². The molecule has 0 fully saturated rings. The molecule has 0 unspecified atom stereocenters. The molecule has 5 nitrogen and oxygen atoms in total. The predicted octanol–water partition coefficient (Wildman–Crippen LogP) is 2.33. The first kappa shape index (κ1) is 15.4. The van der Waals surface area contributed by atoms with E-state index < -0.39 is 0 Å². The number of hydrogen-bond acceptors (Lipinski definition) is 4. The van der Waals surface area contributed by atoms with E-state index in [0.717, 1.165) is 23.7 Å². The number of amides is 1. The summed E-state index contributed by atoms with van der Waals surface area (Å²) in [7, 11) is 0. The normalized spacial score (nSPS) is 10.5. The van der Waals surface area contributed by atoms with Gasteiger partial charge < -0.3 is 14.7 Å². The van der Waals surface area contributed by atoms with E-state index in [1.54, 1.807) is 24.9 Å². The van der Waals surface area contributed by atoms with Gasteiger partial charge in [0.1, 0.15) is 11.5 Å². The number of thioether (sulfide) groups is 1. The van der Waals surface area contributed by atoms with Crippen molar-refractivity contribution in [2.24, 2.45) is 0 Å². The second-order valence-corrected chi connectivity index (χ2v) is 5.76. The Balaban J connectivity index is 1.66. The lowest BCUT2D eigenvalue weighted by molar-refractivity contribution is 0.0948. The van der Waals surface area contributed by atoms with Crippen LogP contribution in [0.3, 0.4) is 0 Å². The summed E-state index contributed by atoms with van der Waals surface area (Å²) in [4.78, 5) is 26.1. The molecule has 112 valence electrons. The molecule has 0 aliphatic heterocycles. The summed E-state index contributed by atoms with van der Waals surface area (Å²) < 4.78 is 5.23. The van der Waals surface area contributed by atoms with Crippen molar-refractivity contribution < 1.29 is 9.21 Å². The molecule has 2 aromatic rings. The number of aromatic amines is 1. The third-order valence-corrected chi connectivity index (χ3v) is 3.86. The van der Waals surface area contributed by atoms with Crippen molar-refractivity contribution in [1.82, 2.24) is 10.3 Å². The van der Waals surface area contributed by atoms with Crippen molar-refractivity contribution >= 4 is 17.7 Å². The molecule has 0 saturated heterocycles. The van der Waals surface area contributed by atoms with E-state index in [0.29, 0.717) is 17.9 Å². The van der Waals surface area contributed by atoms with Crippen LogP contribution in [0.4, 0.5) is 0 Å². The van der Waals surface area contributed by atoms with Crippen molar-refractivity contribution in [2.75, 3.05) is 12.3 Å². The van der Waals surface area contributed by atoms with Crippen LogP contribution in [0, 0.1) is 6.92 Å². The fourth-order valence-electron chi connectivity index (χ4n) is 1.84. The van der Waals surface area contributed by atoms with Crippen LogP contribution in [0.15, 0.2) is 39.7 Å². The fraction of sp³-hybridized carbons (Fsp3) is 0.333. The smallest absolute Gasteiger partial charge is 0.267 e. The molecule has 0 saturated carbocycles. The molecule has 0 aromatic carbocycles. The van der Waals surface area contributed by atoms with Crippen LogP contribution >= 0.6 is 11.8 Å². The van der Waals surface area contributed by atoms with Gasteiger partial charge in [-0.2, -0.15) is 11.8 Å². The molecule has 0 aliphatic carbocycles. The summed E-state index contributed by atoms with van der Waals surface area (Å²) in [5.41, 5.74) is 0.829. The van der Waals surface area contributed by atoms with Crippen LogP contribution in [0.25, 0.3) is 0 Å². The molecule has 0 atom stereocenters. The number of H-pyrrole nitrogens is 1. The number of carbonyl (C=O) groups is 1. The molecule has 2 aromatic heterocycles. The first-order valence-corrected chi connectivity index (χ1v) is 7.90. The number of pyridine rings is 1. The van der Waals surface area contributed by atoms with Gasteiger partial charge in [-0.1, -0.05) is 0 Å². The molecule has 2 N–H and O–H groups in total. The molecular formula is C15H18N2O3S. The van der Waals surface area contributed by atoms with E-state index in [1.165, 1.54) is 12.1 Å². The summed E-state index contributed by atoms with van der Waals surface area (Å²) in [5.74, 6) is 2.49. The molecule has 0 radical (unpaired) electrons. The van der Waals surface area contributed by atoms with Crippen LogP contribution in [0.5, 0.6) is 0 Å². The average Bonchev–Trinajstić information content (AvgIpc) is 2.94. The number of carbonyl (C=O) groups excluding carboxylic acids is 1. The van der Waals surface area contributed by atoms with Crippen LogP contribution in [0.1, 0.15) is 28.4 Å². The van der Waals surface area contributed by atoms with E-state index in [-0.39, 0.29) is 11.3 Å². The number of hydrogen-bond donors (Lipinski definition) is 2. The molecule has 0 bridgehead atoms. The minimum atomic E-state index is -0.244. The number of aryl methyl sites for hydroxylation is 1. The SMILES string of the molecule is Cc1cc(=O)cc(C(=O)NCCCSCc2ccco2)[nH]1. The Kier molecular flexibility index (Phi) is 5.68. The summed E-state index contributed by atoms with van der Waals surface area (Å²) in [5, 5.41) is 2.80. The second-order valence-electron chi connectivity index (χ2n) is 4.65. The summed E-state index contributed by atoms with van der Waals surface area (Å²) in [6.07, 6.45) is 2.53. The van der Waals surface area contributed by atoms with Gasteiger partial charge in [0.05, 0.1) is 12.0 Å². The summed E-state index contributed by atoms with van der Waals surface area (Å²) in [6.45, 7) is 2.34. The zero-order valence-corrected chi connectivity index (χ0v) is 12.7. The van der Waals surface area contributed by atoms with Crippen molar-refractivity contribution in [3.63, 3.8) is 0 Å². The molecular weight excluding hydrogens is 288 g/mol. The number of nitrogens with one attached hydrogen (secondary N) is 2. The Bertz CT molecular complexity index is 635. The lowest BCUT2D eigenvalue weighted by Crippen LogP contribution is -2.27. The van der Waals surface area contributed by atoms with Gasteiger partial charge in [-0.15, -0.1) is 0 Å². The maximum atomic E-state index is 11.9. The number of rotatable bonds is 7. The molecule has 0 aliphatic rings. The van der Waals surface area contributed by atoms with Crippen LogP contribution < -0.4 is 10.7 Å². The molecule has 0 spiro atoms. The van der Waals surface area contributed by atoms with Gasteiger partial charge in [0.25, 0.3) is 5.91 Å². The first-order chi connectivity index (χ1) is 10.1. The fourth-order valence-corrected chi connectivity index (χ4v) is 2.70. The van der Waals surface area contributed by atoms with Crippen LogP contribution in [-0.2, 0) is 5.75 Å². The maximum Gasteiger partial charge on any atom is 0.267 e. The highest BCUT2D eigenvalue weighted by molar-refractivity contribution is 7.98. The highest BCUT2D eigenvalue weighted by Gasteiger charge is 2.06. The Labute approximate surface area is 127 Å². The topological polar surface area (TPSA) is 75.1 Å². The molecule has 21 heavy (non-hydrogen) atoms. The first-order valence-electron chi connectivity index (χ1n) is 6.74. The quantitative estimate of drug-likeness (QED) is 0.770. The third-order valence-electron chi connectivity index (χ3n) is 2.80. The third kappa shape index (κ3) is 5.15. The van der Waals surface area contributed by atoms with Crippen LogP contribution in [-0.4, -0.2) is 23.2 Å². The Morgan fingerprint density at radius 1 is 1.43 bits per heavy atom. The highest BCUT2D eigenvalue weighted by Crippen LogP contribution is 2.12. The molecule has 6 heteroatoms. The van der Waals surface area contributed by atoms with Crippen molar-refractivity contribution in [1.29, 1.82) is 0 Å². The van der Waals surface area contributed by atoms with Crippen molar-refractivity contribution in [3.05, 3.63) is 57.9 Å². The van der Waals surface area contributed by atoms with E-state index in [4.69, 9.17) is 4.42 Å². The second kappa shape index (κ2) is 7.73. The summed E-state index contributed by atoms with van der Waals surface area (Å²) >= 11 is 1.76. The van der Waals surface area contributed by atoms with E-state index in [2.05, 4.69) is 10.3 Å². The Morgan fingerprint density at radius 2 is 2.29 bits per heavy atom. The zero-order chi connectivity index (χ0) is 15.1. The van der Waals surface area contributed by atoms with Gasteiger partial charge in [0.2, 0.25) is 0 Å². The monoisotopic (exact) mass is 306 g/mol. The largest absolute Gasteiger partial charge is 0.468 e. The average molecular weight is 306 g/mol. The Morgan fingerprint density at radius 3 is 3.00 bits per heavy atom. The van der Waals surface area contributed by atoms with Gasteiger partial charge in [-0.3, -0.25) is 9.59 Å². The summed E-state index contributed by atoms with van der Waals surface area (Å²) in [6, 6.07) is 6.59. The minimum absolute atomic E-state index is 0.162. The van der Waals surface area contributed by atoms with Crippen molar-refractivity contribution in [2.45, 2.75) is 19.1 Å². The lowest BCUT2D eigenvalue weighted by atomic mass is 10.3. The van der Waals surface area contributed by atoms with Gasteiger partial charge in [-0.05, 0) is 31.2 Å². The molecule has 1 amide bonds. The van der Waals surface area contributed by atoms with E-state index in [1.807, 2.05) is 12.1 Å². The maximum absolute atomic E-state index is 11.9. The number of aromatic nitrogens is 1. The van der Waals surface area contributed by atoms with E-state index >= 15 is 0 Å². The Hall–Kier alpha value is -1.95. The van der Waals surface area contributed by atoms with Crippen LogP contribution in [0.2, 0.25) is 0 Å². The van der Waals surface area contributed by atoms with Crippen molar-refractivity contribution in [3.8, 4) is 0 Å². The van der Waals surface area contributed by atoms with Gasteiger partial charge in [-0.25, -0.2) is 0 Å². The standard InChI is InChI=1S/C15H18N2O3S/c1-11-8-12(18)9-14(17-11)15(19)16-5-3-7-21-10-13-4-2-6-20-13/h2,4,6,8-9H,3,5,7,10H2,1H3,(H,16,19)(H,17,18). The zero-order valence-electron chi connectivity index (χ0n) is 11.8. The van der Waals surface area contributed by atoms with E-state index in [9.17, 15) is 9.59 Å². The number of furan rings is 1. The van der Waals surface area contributed by atoms with Gasteiger partial charge in [0.15, 0.2) is 5.43 Å². The van der Waals surface area contributed by atoms with Gasteiger partial charge in [0, 0.05) is 24.4 Å². The predicted molar refractivity (Wildman–Crippen MR) is 83.6 cm³/mol. The lowest BCUT2D eigenvalue weighted by Gasteiger charge is -2.05. The molecule has 2 heterocycles. The highest BCUT2D eigenvalue weighted by atomic mass is 32.2. The molecule has 2 rings (SSSR count).